The summed E-state index contributed by atoms with van der Waals surface area (Å²) < 4.78 is 68.3. The minimum absolute atomic E-state index is 0.0422. The molecule has 7 nitrogen and oxygen atoms in total. The largest absolute Gasteiger partial charge is 0.487 e. The van der Waals surface area contributed by atoms with Gasteiger partial charge in [0.2, 0.25) is 0 Å². The molecule has 0 amide bonds. The number of alkyl halides is 2. The highest BCUT2D eigenvalue weighted by molar-refractivity contribution is 6.31. The molecule has 3 heterocycles. The van der Waals surface area contributed by atoms with Gasteiger partial charge in [0, 0.05) is 23.2 Å². The van der Waals surface area contributed by atoms with Crippen molar-refractivity contribution < 1.29 is 32.1 Å². The molecule has 12 heteroatoms. The van der Waals surface area contributed by atoms with E-state index in [1.54, 1.807) is 31.2 Å². The van der Waals surface area contributed by atoms with E-state index in [2.05, 4.69) is 15.4 Å². The minimum atomic E-state index is -4.19. The van der Waals surface area contributed by atoms with Gasteiger partial charge in [0.1, 0.15) is 23.7 Å². The van der Waals surface area contributed by atoms with Crippen LogP contribution in [0.2, 0.25) is 5.02 Å². The first-order valence-corrected chi connectivity index (χ1v) is 11.7. The van der Waals surface area contributed by atoms with E-state index in [1.807, 2.05) is 0 Å². The Bertz CT molecular complexity index is 1460. The van der Waals surface area contributed by atoms with Gasteiger partial charge in [0.05, 0.1) is 35.8 Å². The maximum absolute atomic E-state index is 14.3. The number of para-hydroxylation sites is 1. The van der Waals surface area contributed by atoms with Crippen LogP contribution in [0.25, 0.3) is 16.6 Å². The summed E-state index contributed by atoms with van der Waals surface area (Å²) in [7, 11) is 0. The molecule has 194 valence electrons. The number of ether oxygens (including phenoxy) is 2. The van der Waals surface area contributed by atoms with Gasteiger partial charge in [-0.1, -0.05) is 23.7 Å². The minimum Gasteiger partial charge on any atom is -0.487 e. The molecule has 4 aromatic rings. The molecule has 1 fully saturated rings. The number of aryl methyl sites for hydroxylation is 1. The lowest BCUT2D eigenvalue weighted by Crippen LogP contribution is -2.51. The van der Waals surface area contributed by atoms with Crippen molar-refractivity contribution in [3.8, 4) is 11.4 Å². The topological polar surface area (TPSA) is 81.4 Å². The molecule has 0 spiro atoms. The number of hydrogen-bond acceptors (Lipinski definition) is 6. The number of hydrogen-bond donors (Lipinski definition) is 2. The van der Waals surface area contributed by atoms with Crippen LogP contribution in [-0.4, -0.2) is 45.2 Å². The summed E-state index contributed by atoms with van der Waals surface area (Å²) in [6, 6.07) is 7.75. The second kappa shape index (κ2) is 9.90. The fourth-order valence-electron chi connectivity index (χ4n) is 4.45. The van der Waals surface area contributed by atoms with Crippen molar-refractivity contribution >= 4 is 22.5 Å². The summed E-state index contributed by atoms with van der Waals surface area (Å²) in [5.41, 5.74) is 1.95. The molecule has 1 aliphatic rings. The zero-order valence-electron chi connectivity index (χ0n) is 19.4. The number of fused-ring (bicyclic) bond motifs is 1. The summed E-state index contributed by atoms with van der Waals surface area (Å²) in [6.07, 6.45) is -3.82. The molecule has 1 unspecified atom stereocenters. The van der Waals surface area contributed by atoms with Gasteiger partial charge in [-0.15, -0.1) is 0 Å². The van der Waals surface area contributed by atoms with Crippen molar-refractivity contribution in [2.45, 2.75) is 31.8 Å². The normalized spacial score (nSPS) is 18.4. The number of aromatic nitrogens is 3. The van der Waals surface area contributed by atoms with E-state index in [1.165, 1.54) is 10.9 Å². The Kier molecular flexibility index (Phi) is 6.80. The molecule has 0 bridgehead atoms. The van der Waals surface area contributed by atoms with Crippen LogP contribution < -0.4 is 10.1 Å². The van der Waals surface area contributed by atoms with Crippen LogP contribution in [0, 0.1) is 18.6 Å². The van der Waals surface area contributed by atoms with Crippen LogP contribution in [0.15, 0.2) is 48.8 Å². The van der Waals surface area contributed by atoms with Crippen molar-refractivity contribution in [2.24, 2.45) is 0 Å². The standard InChI is InChI=1S/C25H21ClF4N4O3/c1-13-7-20(34-11-15(28)10-32-34)16-3-2-4-21(22(16)33-13)37-12-18-17(8-14(27)9-19(18)26)23-24(25(29,30)35)36-6-5-31-23/h2-4,7-11,23-24,31,35H,5-6,12H2,1H3/t23-,24?/m1/s1. The third-order valence-electron chi connectivity index (χ3n) is 6.02. The van der Waals surface area contributed by atoms with Crippen molar-refractivity contribution in [3.63, 3.8) is 0 Å². The van der Waals surface area contributed by atoms with Crippen LogP contribution in [-0.2, 0) is 11.3 Å². The van der Waals surface area contributed by atoms with Crippen molar-refractivity contribution in [1.82, 2.24) is 20.1 Å². The molecule has 1 saturated heterocycles. The maximum Gasteiger partial charge on any atom is 0.381 e. The Morgan fingerprint density at radius 1 is 1.24 bits per heavy atom. The first-order valence-electron chi connectivity index (χ1n) is 11.3. The molecule has 2 N–H and O–H groups in total. The Labute approximate surface area is 213 Å². The van der Waals surface area contributed by atoms with Gasteiger partial charge in [-0.3, -0.25) is 0 Å². The van der Waals surface area contributed by atoms with Gasteiger partial charge in [0.15, 0.2) is 11.9 Å². The molecular formula is C25H21ClF4N4O3. The molecule has 0 radical (unpaired) electrons. The SMILES string of the molecule is Cc1cc(-n2cc(F)cn2)c2cccc(OCc3c(Cl)cc(F)cc3[C@H]3NCCOC3C(O)(F)F)c2n1. The highest BCUT2D eigenvalue weighted by atomic mass is 35.5. The lowest BCUT2D eigenvalue weighted by atomic mass is 9.94. The number of nitrogens with one attached hydrogen (secondary N) is 1. The molecule has 0 aliphatic carbocycles. The highest BCUT2D eigenvalue weighted by Gasteiger charge is 2.46. The van der Waals surface area contributed by atoms with Gasteiger partial charge in [-0.25, -0.2) is 18.4 Å². The van der Waals surface area contributed by atoms with Crippen LogP contribution >= 0.6 is 11.6 Å². The van der Waals surface area contributed by atoms with Gasteiger partial charge in [-0.05, 0) is 36.8 Å². The summed E-state index contributed by atoms with van der Waals surface area (Å²) in [5.74, 6) is -0.909. The first kappa shape index (κ1) is 25.4. The Balaban J connectivity index is 1.53. The molecule has 2 atom stereocenters. The number of halogens is 5. The second-order valence-electron chi connectivity index (χ2n) is 8.59. The monoisotopic (exact) mass is 536 g/mol. The Morgan fingerprint density at radius 2 is 2.05 bits per heavy atom. The Morgan fingerprint density at radius 3 is 2.78 bits per heavy atom. The van der Waals surface area contributed by atoms with Crippen molar-refractivity contribution in [2.75, 3.05) is 13.2 Å². The van der Waals surface area contributed by atoms with E-state index in [-0.39, 0.29) is 35.9 Å². The lowest BCUT2D eigenvalue weighted by molar-refractivity contribution is -0.284. The quantitative estimate of drug-likeness (QED) is 0.343. The smallest absolute Gasteiger partial charge is 0.381 e. The third kappa shape index (κ3) is 5.12. The zero-order valence-corrected chi connectivity index (χ0v) is 20.1. The van der Waals surface area contributed by atoms with Crippen LogP contribution in [0.1, 0.15) is 22.9 Å². The summed E-state index contributed by atoms with van der Waals surface area (Å²) in [5, 5.41) is 16.8. The van der Waals surface area contributed by atoms with Crippen LogP contribution in [0.3, 0.4) is 0 Å². The number of morpholine rings is 1. The predicted molar refractivity (Wildman–Crippen MR) is 127 cm³/mol. The molecule has 1 aliphatic heterocycles. The van der Waals surface area contributed by atoms with Crippen molar-refractivity contribution in [1.29, 1.82) is 0 Å². The van der Waals surface area contributed by atoms with E-state index >= 15 is 0 Å². The molecular weight excluding hydrogens is 516 g/mol. The van der Waals surface area contributed by atoms with E-state index < -0.39 is 29.9 Å². The maximum atomic E-state index is 14.3. The van der Waals surface area contributed by atoms with Crippen LogP contribution in [0.5, 0.6) is 5.75 Å². The predicted octanol–water partition coefficient (Wildman–Crippen LogP) is 4.85. The average molecular weight is 537 g/mol. The number of rotatable bonds is 6. The Hall–Kier alpha value is -3.25. The molecule has 37 heavy (non-hydrogen) atoms. The van der Waals surface area contributed by atoms with Crippen LogP contribution in [0.4, 0.5) is 17.6 Å². The number of aliphatic hydroxyl groups is 1. The molecule has 2 aromatic heterocycles. The fourth-order valence-corrected chi connectivity index (χ4v) is 4.72. The summed E-state index contributed by atoms with van der Waals surface area (Å²) >= 11 is 6.33. The van der Waals surface area contributed by atoms with Crippen molar-refractivity contribution in [3.05, 3.63) is 82.3 Å². The van der Waals surface area contributed by atoms with Gasteiger partial charge >= 0.3 is 6.11 Å². The van der Waals surface area contributed by atoms with Gasteiger partial charge in [0.25, 0.3) is 0 Å². The highest BCUT2D eigenvalue weighted by Crippen LogP contribution is 2.37. The fraction of sp³-hybridized carbons (Fsp3) is 0.280. The molecule has 2 aromatic carbocycles. The zero-order chi connectivity index (χ0) is 26.3. The average Bonchev–Trinajstić information content (AvgIpc) is 3.28. The summed E-state index contributed by atoms with van der Waals surface area (Å²) in [4.78, 5) is 4.56. The lowest BCUT2D eigenvalue weighted by Gasteiger charge is -2.36. The van der Waals surface area contributed by atoms with Gasteiger partial charge < -0.3 is 19.9 Å². The molecule has 5 rings (SSSR count). The van der Waals surface area contributed by atoms with E-state index in [0.717, 1.165) is 18.3 Å². The number of nitrogens with zero attached hydrogens (tertiary/aromatic N) is 3. The number of benzene rings is 2. The third-order valence-corrected chi connectivity index (χ3v) is 6.35. The van der Waals surface area contributed by atoms with E-state index in [0.29, 0.717) is 28.0 Å². The van der Waals surface area contributed by atoms with E-state index in [9.17, 15) is 22.7 Å². The first-order chi connectivity index (χ1) is 17.6. The second-order valence-corrected chi connectivity index (χ2v) is 9.00. The van der Waals surface area contributed by atoms with E-state index in [4.69, 9.17) is 21.1 Å². The molecule has 0 saturated carbocycles. The number of pyridine rings is 1. The summed E-state index contributed by atoms with van der Waals surface area (Å²) in [6.45, 7) is 1.68. The van der Waals surface area contributed by atoms with Gasteiger partial charge in [-0.2, -0.15) is 13.9 Å².